The van der Waals surface area contributed by atoms with Crippen LogP contribution in [0.2, 0.25) is 0 Å². The quantitative estimate of drug-likeness (QED) is 0.863. The van der Waals surface area contributed by atoms with Gasteiger partial charge in [0.25, 0.3) is 0 Å². The lowest BCUT2D eigenvalue weighted by atomic mass is 9.79. The summed E-state index contributed by atoms with van der Waals surface area (Å²) in [5.74, 6) is -0.768. The van der Waals surface area contributed by atoms with Gasteiger partial charge in [0.05, 0.1) is 12.5 Å². The van der Waals surface area contributed by atoms with Crippen molar-refractivity contribution in [3.8, 4) is 0 Å². The van der Waals surface area contributed by atoms with Gasteiger partial charge in [0.1, 0.15) is 5.82 Å². The summed E-state index contributed by atoms with van der Waals surface area (Å²) in [7, 11) is 1.31. The Morgan fingerprint density at radius 2 is 2.00 bits per heavy atom. The highest BCUT2D eigenvalue weighted by atomic mass is 35.5. The zero-order valence-corrected chi connectivity index (χ0v) is 11.8. The number of esters is 1. The summed E-state index contributed by atoms with van der Waals surface area (Å²) >= 11 is 0. The van der Waals surface area contributed by atoms with E-state index < -0.39 is 17.4 Å². The number of nitrogens with two attached hydrogens (primary N) is 1. The van der Waals surface area contributed by atoms with Gasteiger partial charge in [-0.1, -0.05) is 6.07 Å². The second-order valence-electron chi connectivity index (χ2n) is 4.69. The lowest BCUT2D eigenvalue weighted by Crippen LogP contribution is -2.37. The monoisotopic (exact) mass is 275 g/mol. The number of hydrogen-bond donors (Lipinski definition) is 1. The lowest BCUT2D eigenvalue weighted by Gasteiger charge is -2.29. The Morgan fingerprint density at radius 1 is 1.44 bits per heavy atom. The van der Waals surface area contributed by atoms with E-state index in [1.807, 2.05) is 6.92 Å². The SMILES string of the molecule is COC(=O)C(C)(C)[C@@H](N)c1cc(F)ccc1C.Cl. The van der Waals surface area contributed by atoms with Crippen LogP contribution in [-0.2, 0) is 9.53 Å². The van der Waals surface area contributed by atoms with Crippen molar-refractivity contribution in [2.75, 3.05) is 7.11 Å². The van der Waals surface area contributed by atoms with Gasteiger partial charge in [0.15, 0.2) is 0 Å². The van der Waals surface area contributed by atoms with E-state index in [-0.39, 0.29) is 18.2 Å². The normalized spacial score (nSPS) is 12.6. The highest BCUT2D eigenvalue weighted by molar-refractivity contribution is 5.85. The Morgan fingerprint density at radius 3 is 2.50 bits per heavy atom. The Bertz CT molecular complexity index is 435. The van der Waals surface area contributed by atoms with Crippen LogP contribution in [0.4, 0.5) is 4.39 Å². The molecular weight excluding hydrogens is 257 g/mol. The van der Waals surface area contributed by atoms with Crippen molar-refractivity contribution in [2.24, 2.45) is 11.1 Å². The summed E-state index contributed by atoms with van der Waals surface area (Å²) < 4.78 is 17.9. The molecule has 0 aromatic heterocycles. The average molecular weight is 276 g/mol. The third-order valence-electron chi connectivity index (χ3n) is 3.07. The second kappa shape index (κ2) is 6.16. The van der Waals surface area contributed by atoms with Gasteiger partial charge in [0, 0.05) is 6.04 Å². The molecule has 1 aromatic rings. The molecule has 0 heterocycles. The Kier molecular flexibility index (Phi) is 5.77. The maximum absolute atomic E-state index is 13.2. The second-order valence-corrected chi connectivity index (χ2v) is 4.69. The summed E-state index contributed by atoms with van der Waals surface area (Å²) in [6.07, 6.45) is 0. The predicted molar refractivity (Wildman–Crippen MR) is 71.1 cm³/mol. The van der Waals surface area contributed by atoms with Crippen LogP contribution in [0, 0.1) is 18.2 Å². The van der Waals surface area contributed by atoms with E-state index in [0.717, 1.165) is 5.56 Å². The molecule has 3 nitrogen and oxygen atoms in total. The van der Waals surface area contributed by atoms with Crippen LogP contribution in [0.1, 0.15) is 31.0 Å². The Labute approximate surface area is 113 Å². The molecule has 0 amide bonds. The van der Waals surface area contributed by atoms with Crippen molar-refractivity contribution >= 4 is 18.4 Å². The first-order valence-electron chi connectivity index (χ1n) is 5.40. The summed E-state index contributed by atoms with van der Waals surface area (Å²) in [6.45, 7) is 5.21. The zero-order valence-electron chi connectivity index (χ0n) is 11.0. The Balaban J connectivity index is 0.00000289. The lowest BCUT2D eigenvalue weighted by molar-refractivity contribution is -0.152. The number of hydrogen-bond acceptors (Lipinski definition) is 3. The fourth-order valence-corrected chi connectivity index (χ4v) is 1.73. The van der Waals surface area contributed by atoms with Crippen LogP contribution in [-0.4, -0.2) is 13.1 Å². The van der Waals surface area contributed by atoms with Crippen molar-refractivity contribution < 1.29 is 13.9 Å². The van der Waals surface area contributed by atoms with Crippen molar-refractivity contribution in [1.29, 1.82) is 0 Å². The summed E-state index contributed by atoms with van der Waals surface area (Å²) in [4.78, 5) is 11.6. The molecule has 0 radical (unpaired) electrons. The number of benzene rings is 1. The van der Waals surface area contributed by atoms with Gasteiger partial charge < -0.3 is 10.5 Å². The molecule has 0 fully saturated rings. The van der Waals surface area contributed by atoms with Crippen LogP contribution in [0.3, 0.4) is 0 Å². The molecule has 18 heavy (non-hydrogen) atoms. The van der Waals surface area contributed by atoms with Crippen molar-refractivity contribution in [2.45, 2.75) is 26.8 Å². The fourth-order valence-electron chi connectivity index (χ4n) is 1.73. The molecule has 0 saturated heterocycles. The molecule has 0 aliphatic carbocycles. The highest BCUT2D eigenvalue weighted by Crippen LogP contribution is 2.34. The van der Waals surface area contributed by atoms with Gasteiger partial charge in [-0.3, -0.25) is 4.79 Å². The minimum absolute atomic E-state index is 0. The van der Waals surface area contributed by atoms with E-state index in [9.17, 15) is 9.18 Å². The number of carbonyl (C=O) groups excluding carboxylic acids is 1. The van der Waals surface area contributed by atoms with E-state index in [0.29, 0.717) is 5.56 Å². The summed E-state index contributed by atoms with van der Waals surface area (Å²) in [6, 6.07) is 3.78. The maximum atomic E-state index is 13.2. The van der Waals surface area contributed by atoms with Gasteiger partial charge in [-0.2, -0.15) is 0 Å². The molecule has 0 spiro atoms. The molecule has 1 atom stereocenters. The van der Waals surface area contributed by atoms with E-state index in [4.69, 9.17) is 10.5 Å². The van der Waals surface area contributed by atoms with Crippen molar-refractivity contribution in [3.05, 3.63) is 35.1 Å². The number of methoxy groups -OCH3 is 1. The molecule has 5 heteroatoms. The number of aryl methyl sites for hydroxylation is 1. The molecule has 102 valence electrons. The Hall–Kier alpha value is -1.13. The van der Waals surface area contributed by atoms with E-state index in [1.165, 1.54) is 19.2 Å². The van der Waals surface area contributed by atoms with Gasteiger partial charge in [0.2, 0.25) is 0 Å². The van der Waals surface area contributed by atoms with Crippen LogP contribution < -0.4 is 5.73 Å². The van der Waals surface area contributed by atoms with Crippen molar-refractivity contribution in [3.63, 3.8) is 0 Å². The number of rotatable bonds is 3. The van der Waals surface area contributed by atoms with Crippen LogP contribution >= 0.6 is 12.4 Å². The number of carbonyl (C=O) groups is 1. The predicted octanol–water partition coefficient (Wildman–Crippen LogP) is 2.75. The minimum Gasteiger partial charge on any atom is -0.469 e. The molecule has 0 aliphatic rings. The summed E-state index contributed by atoms with van der Waals surface area (Å²) in [5.41, 5.74) is 6.64. The third-order valence-corrected chi connectivity index (χ3v) is 3.07. The number of halogens is 2. The molecular formula is C13H19ClFNO2. The van der Waals surface area contributed by atoms with E-state index in [1.54, 1.807) is 19.9 Å². The first-order chi connectivity index (χ1) is 7.80. The van der Waals surface area contributed by atoms with Crippen LogP contribution in [0.15, 0.2) is 18.2 Å². The molecule has 0 bridgehead atoms. The first kappa shape index (κ1) is 16.9. The third kappa shape index (κ3) is 3.21. The highest BCUT2D eigenvalue weighted by Gasteiger charge is 2.37. The van der Waals surface area contributed by atoms with Gasteiger partial charge in [-0.15, -0.1) is 12.4 Å². The van der Waals surface area contributed by atoms with Crippen LogP contribution in [0.5, 0.6) is 0 Å². The smallest absolute Gasteiger partial charge is 0.313 e. The first-order valence-corrected chi connectivity index (χ1v) is 5.40. The van der Waals surface area contributed by atoms with Gasteiger partial charge in [-0.05, 0) is 44.0 Å². The summed E-state index contributed by atoms with van der Waals surface area (Å²) in [5, 5.41) is 0. The molecule has 2 N–H and O–H groups in total. The molecule has 1 rings (SSSR count). The van der Waals surface area contributed by atoms with Gasteiger partial charge in [-0.25, -0.2) is 4.39 Å². The largest absolute Gasteiger partial charge is 0.469 e. The zero-order chi connectivity index (χ0) is 13.2. The molecule has 0 unspecified atom stereocenters. The number of ether oxygens (including phenoxy) is 1. The van der Waals surface area contributed by atoms with Crippen molar-refractivity contribution in [1.82, 2.24) is 0 Å². The molecule has 0 aliphatic heterocycles. The minimum atomic E-state index is -0.896. The fraction of sp³-hybridized carbons (Fsp3) is 0.462. The maximum Gasteiger partial charge on any atom is 0.313 e. The average Bonchev–Trinajstić information content (AvgIpc) is 2.30. The standard InChI is InChI=1S/C13H18FNO2.ClH/c1-8-5-6-9(14)7-10(8)11(15)13(2,3)12(16)17-4;/h5-7,11H,15H2,1-4H3;1H/t11-;/m0./s1. The topological polar surface area (TPSA) is 52.3 Å². The van der Waals surface area contributed by atoms with Gasteiger partial charge >= 0.3 is 5.97 Å². The van der Waals surface area contributed by atoms with Crippen LogP contribution in [0.25, 0.3) is 0 Å². The molecule has 1 aromatic carbocycles. The van der Waals surface area contributed by atoms with E-state index in [2.05, 4.69) is 0 Å². The molecule has 0 saturated carbocycles. The van der Waals surface area contributed by atoms with E-state index >= 15 is 0 Å².